The first-order valence-corrected chi connectivity index (χ1v) is 4.28. The molecule has 0 spiro atoms. The van der Waals surface area contributed by atoms with Gasteiger partial charge in [-0.25, -0.2) is 0 Å². The van der Waals surface area contributed by atoms with Crippen LogP contribution in [0.15, 0.2) is 23.5 Å². The maximum atomic E-state index is 5.20. The van der Waals surface area contributed by atoms with Crippen molar-refractivity contribution in [2.24, 2.45) is 5.16 Å². The van der Waals surface area contributed by atoms with E-state index in [1.54, 1.807) is 6.21 Å². The summed E-state index contributed by atoms with van der Waals surface area (Å²) in [5.74, 6) is 0. The van der Waals surface area contributed by atoms with Gasteiger partial charge in [-0.1, -0.05) is 5.16 Å². The number of hydrogen-bond acceptors (Lipinski definition) is 2. The second-order valence-corrected chi connectivity index (χ2v) is 3.02. The van der Waals surface area contributed by atoms with Crippen LogP contribution in [0.2, 0.25) is 0 Å². The van der Waals surface area contributed by atoms with Crippen molar-refractivity contribution in [2.45, 2.75) is 25.4 Å². The Hall–Kier alpha value is -1.25. The van der Waals surface area contributed by atoms with Crippen molar-refractivity contribution >= 4 is 6.21 Å². The first-order valence-electron chi connectivity index (χ1n) is 4.28. The van der Waals surface area contributed by atoms with E-state index < -0.39 is 0 Å². The van der Waals surface area contributed by atoms with Crippen molar-refractivity contribution in [2.75, 3.05) is 0 Å². The van der Waals surface area contributed by atoms with Crippen molar-refractivity contribution < 1.29 is 4.84 Å². The van der Waals surface area contributed by atoms with Gasteiger partial charge in [0.1, 0.15) is 6.10 Å². The molecule has 0 aliphatic heterocycles. The average molecular weight is 164 g/mol. The molecule has 1 fully saturated rings. The van der Waals surface area contributed by atoms with Gasteiger partial charge in [0, 0.05) is 6.20 Å². The molecule has 1 saturated carbocycles. The van der Waals surface area contributed by atoms with Crippen LogP contribution in [0.4, 0.5) is 0 Å². The number of rotatable bonds is 3. The molecule has 1 aliphatic carbocycles. The standard InChI is InChI=1S/C9H12N2O/c1-4-9(5-1)12-11-7-8-3-2-6-10-8/h2-3,6-7,9-10H,1,4-5H2/b11-7+. The van der Waals surface area contributed by atoms with Gasteiger partial charge < -0.3 is 9.82 Å². The summed E-state index contributed by atoms with van der Waals surface area (Å²) in [6, 6.07) is 3.89. The summed E-state index contributed by atoms with van der Waals surface area (Å²) < 4.78 is 0. The highest BCUT2D eigenvalue weighted by atomic mass is 16.6. The zero-order chi connectivity index (χ0) is 8.23. The lowest BCUT2D eigenvalue weighted by Gasteiger charge is -2.22. The summed E-state index contributed by atoms with van der Waals surface area (Å²) in [5.41, 5.74) is 0.981. The van der Waals surface area contributed by atoms with Gasteiger partial charge in [-0.2, -0.15) is 0 Å². The quantitative estimate of drug-likeness (QED) is 0.537. The van der Waals surface area contributed by atoms with Gasteiger partial charge in [-0.3, -0.25) is 0 Å². The van der Waals surface area contributed by atoms with Crippen LogP contribution in [0.5, 0.6) is 0 Å². The van der Waals surface area contributed by atoms with E-state index in [9.17, 15) is 0 Å². The molecule has 3 nitrogen and oxygen atoms in total. The third-order valence-corrected chi connectivity index (χ3v) is 2.08. The van der Waals surface area contributed by atoms with Gasteiger partial charge in [-0.15, -0.1) is 0 Å². The van der Waals surface area contributed by atoms with Crippen LogP contribution in [0.1, 0.15) is 25.0 Å². The van der Waals surface area contributed by atoms with Gasteiger partial charge in [0.2, 0.25) is 0 Å². The van der Waals surface area contributed by atoms with Crippen LogP contribution in [-0.4, -0.2) is 17.3 Å². The minimum absolute atomic E-state index is 0.371. The number of hydrogen-bond donors (Lipinski definition) is 1. The Balaban J connectivity index is 1.78. The van der Waals surface area contributed by atoms with Crippen LogP contribution in [-0.2, 0) is 4.84 Å². The van der Waals surface area contributed by atoms with Crippen molar-refractivity contribution in [1.82, 2.24) is 4.98 Å². The van der Waals surface area contributed by atoms with E-state index in [2.05, 4.69) is 10.1 Å². The lowest BCUT2D eigenvalue weighted by Crippen LogP contribution is -2.18. The molecule has 0 bridgehead atoms. The summed E-state index contributed by atoms with van der Waals surface area (Å²) >= 11 is 0. The monoisotopic (exact) mass is 164 g/mol. The van der Waals surface area contributed by atoms with E-state index in [-0.39, 0.29) is 0 Å². The van der Waals surface area contributed by atoms with E-state index in [0.29, 0.717) is 6.10 Å². The maximum absolute atomic E-state index is 5.20. The molecule has 3 heteroatoms. The minimum Gasteiger partial charge on any atom is -0.392 e. The molecule has 1 N–H and O–H groups in total. The fraction of sp³-hybridized carbons (Fsp3) is 0.444. The van der Waals surface area contributed by atoms with E-state index in [1.165, 1.54) is 6.42 Å². The predicted octanol–water partition coefficient (Wildman–Crippen LogP) is 1.92. The Morgan fingerprint density at radius 1 is 1.58 bits per heavy atom. The lowest BCUT2D eigenvalue weighted by molar-refractivity contribution is 0.00697. The highest BCUT2D eigenvalue weighted by molar-refractivity contribution is 5.76. The van der Waals surface area contributed by atoms with Crippen molar-refractivity contribution in [3.05, 3.63) is 24.0 Å². The van der Waals surface area contributed by atoms with Crippen LogP contribution in [0, 0.1) is 0 Å². The van der Waals surface area contributed by atoms with Gasteiger partial charge in [0.05, 0.1) is 11.9 Å². The van der Waals surface area contributed by atoms with Crippen molar-refractivity contribution in [3.8, 4) is 0 Å². The first kappa shape index (κ1) is 7.40. The summed E-state index contributed by atoms with van der Waals surface area (Å²) in [5, 5.41) is 3.88. The van der Waals surface area contributed by atoms with Crippen LogP contribution in [0.3, 0.4) is 0 Å². The molecule has 1 aromatic heterocycles. The topological polar surface area (TPSA) is 37.4 Å². The van der Waals surface area contributed by atoms with Gasteiger partial charge >= 0.3 is 0 Å². The predicted molar refractivity (Wildman–Crippen MR) is 47.1 cm³/mol. The molecule has 0 radical (unpaired) electrons. The van der Waals surface area contributed by atoms with E-state index in [4.69, 9.17) is 4.84 Å². The summed E-state index contributed by atoms with van der Waals surface area (Å²) in [4.78, 5) is 8.22. The third kappa shape index (κ3) is 1.67. The minimum atomic E-state index is 0.371. The molecule has 0 aromatic carbocycles. The molecule has 2 rings (SSSR count). The molecule has 64 valence electrons. The molecule has 0 saturated heterocycles. The molecular formula is C9H12N2O. The van der Waals surface area contributed by atoms with Gasteiger partial charge in [0.15, 0.2) is 0 Å². The fourth-order valence-corrected chi connectivity index (χ4v) is 1.07. The number of nitrogens with zero attached hydrogens (tertiary/aromatic N) is 1. The Morgan fingerprint density at radius 2 is 2.50 bits per heavy atom. The second kappa shape index (κ2) is 3.43. The number of aromatic nitrogens is 1. The van der Waals surface area contributed by atoms with Crippen molar-refractivity contribution in [3.63, 3.8) is 0 Å². The summed E-state index contributed by atoms with van der Waals surface area (Å²) in [7, 11) is 0. The van der Waals surface area contributed by atoms with E-state index in [1.807, 2.05) is 18.3 Å². The highest BCUT2D eigenvalue weighted by Crippen LogP contribution is 2.21. The Labute approximate surface area is 71.4 Å². The first-order chi connectivity index (χ1) is 5.95. The number of H-pyrrole nitrogens is 1. The number of oxime groups is 1. The zero-order valence-electron chi connectivity index (χ0n) is 6.86. The molecule has 1 heterocycles. The molecule has 0 amide bonds. The van der Waals surface area contributed by atoms with Gasteiger partial charge in [-0.05, 0) is 31.4 Å². The number of nitrogens with one attached hydrogen (secondary N) is 1. The molecule has 1 aromatic rings. The smallest absolute Gasteiger partial charge is 0.127 e. The van der Waals surface area contributed by atoms with Crippen LogP contribution in [0.25, 0.3) is 0 Å². The molecule has 0 unspecified atom stereocenters. The highest BCUT2D eigenvalue weighted by Gasteiger charge is 2.18. The Morgan fingerprint density at radius 3 is 3.08 bits per heavy atom. The van der Waals surface area contributed by atoms with Crippen LogP contribution < -0.4 is 0 Å². The maximum Gasteiger partial charge on any atom is 0.127 e. The molecule has 12 heavy (non-hydrogen) atoms. The molecular weight excluding hydrogens is 152 g/mol. The van der Waals surface area contributed by atoms with E-state index >= 15 is 0 Å². The van der Waals surface area contributed by atoms with Gasteiger partial charge in [0.25, 0.3) is 0 Å². The third-order valence-electron chi connectivity index (χ3n) is 2.08. The largest absolute Gasteiger partial charge is 0.392 e. The normalized spacial score (nSPS) is 18.0. The lowest BCUT2D eigenvalue weighted by atomic mass is 9.97. The molecule has 0 atom stereocenters. The fourth-order valence-electron chi connectivity index (χ4n) is 1.07. The summed E-state index contributed by atoms with van der Waals surface area (Å²) in [6.07, 6.45) is 7.53. The average Bonchev–Trinajstić information content (AvgIpc) is 2.46. The second-order valence-electron chi connectivity index (χ2n) is 3.02. The molecule has 1 aliphatic rings. The Kier molecular flexibility index (Phi) is 2.12. The SMILES string of the molecule is C(=N\OC1CCC1)/c1ccc[nH]1. The Bertz CT molecular complexity index is 250. The van der Waals surface area contributed by atoms with Crippen LogP contribution >= 0.6 is 0 Å². The summed E-state index contributed by atoms with van der Waals surface area (Å²) in [6.45, 7) is 0. The number of aromatic amines is 1. The van der Waals surface area contributed by atoms with Crippen molar-refractivity contribution in [1.29, 1.82) is 0 Å². The zero-order valence-corrected chi connectivity index (χ0v) is 6.86. The van der Waals surface area contributed by atoms with E-state index in [0.717, 1.165) is 18.5 Å².